The van der Waals surface area contributed by atoms with Gasteiger partial charge in [-0.05, 0) is 31.0 Å². The van der Waals surface area contributed by atoms with Gasteiger partial charge in [-0.15, -0.1) is 0 Å². The van der Waals surface area contributed by atoms with E-state index in [1.165, 1.54) is 0 Å². The van der Waals surface area contributed by atoms with E-state index in [4.69, 9.17) is 23.7 Å². The van der Waals surface area contributed by atoms with E-state index < -0.39 is 0 Å². The highest BCUT2D eigenvalue weighted by atomic mass is 16.7. The summed E-state index contributed by atoms with van der Waals surface area (Å²) in [6.45, 7) is 1.36. The number of fused-ring (bicyclic) bond motifs is 6. The molecule has 0 amide bonds. The van der Waals surface area contributed by atoms with Crippen LogP contribution in [0.5, 0.6) is 23.0 Å². The molecule has 4 aromatic rings. The zero-order valence-corrected chi connectivity index (χ0v) is 17.8. The standard InChI is InChI=1S/C24H22N2O6/c1-28-19-6-14-15(7-20(19)29-2)24(27)26(11-13-4-3-5-30-13)23-16-8-21-22(32-12-31-21)9-18(16)25-10-17(14)23/h6-10,13H,3-5,11-12H2,1-2H3. The molecule has 2 aromatic heterocycles. The molecule has 0 radical (unpaired) electrons. The first kappa shape index (κ1) is 19.2. The number of benzene rings is 2. The maximum Gasteiger partial charge on any atom is 0.259 e. The average molecular weight is 434 g/mol. The van der Waals surface area contributed by atoms with Crippen molar-refractivity contribution in [3.63, 3.8) is 0 Å². The van der Waals surface area contributed by atoms with Crippen LogP contribution >= 0.6 is 0 Å². The topological polar surface area (TPSA) is 81.0 Å². The summed E-state index contributed by atoms with van der Waals surface area (Å²) >= 11 is 0. The molecule has 0 bridgehead atoms. The third-order valence-electron chi connectivity index (χ3n) is 6.30. The van der Waals surface area contributed by atoms with Crippen molar-refractivity contribution in [3.05, 3.63) is 40.8 Å². The van der Waals surface area contributed by atoms with Gasteiger partial charge < -0.3 is 28.3 Å². The molecule has 2 aliphatic heterocycles. The van der Waals surface area contributed by atoms with Crippen LogP contribution in [0.25, 0.3) is 32.6 Å². The first-order valence-electron chi connectivity index (χ1n) is 10.6. The zero-order chi connectivity index (χ0) is 21.8. The molecule has 1 atom stereocenters. The van der Waals surface area contributed by atoms with Gasteiger partial charge in [0.25, 0.3) is 5.56 Å². The molecule has 32 heavy (non-hydrogen) atoms. The Morgan fingerprint density at radius 1 is 1.00 bits per heavy atom. The Bertz CT molecular complexity index is 1440. The number of pyridine rings is 2. The van der Waals surface area contributed by atoms with Gasteiger partial charge in [0, 0.05) is 35.0 Å². The van der Waals surface area contributed by atoms with Gasteiger partial charge in [-0.2, -0.15) is 0 Å². The van der Waals surface area contributed by atoms with Crippen molar-refractivity contribution in [3.8, 4) is 23.0 Å². The molecule has 2 aromatic carbocycles. The maximum atomic E-state index is 13.8. The van der Waals surface area contributed by atoms with Crippen molar-refractivity contribution in [2.75, 3.05) is 27.6 Å². The quantitative estimate of drug-likeness (QED) is 0.454. The van der Waals surface area contributed by atoms with Crippen LogP contribution in [-0.2, 0) is 11.3 Å². The van der Waals surface area contributed by atoms with E-state index in [0.717, 1.165) is 46.6 Å². The molecule has 8 nitrogen and oxygen atoms in total. The van der Waals surface area contributed by atoms with Gasteiger partial charge in [0.2, 0.25) is 6.79 Å². The predicted molar refractivity (Wildman–Crippen MR) is 119 cm³/mol. The summed E-state index contributed by atoms with van der Waals surface area (Å²) in [5, 5.41) is 3.00. The Hall–Kier alpha value is -3.52. The van der Waals surface area contributed by atoms with Crippen LogP contribution in [0.3, 0.4) is 0 Å². The second kappa shape index (κ2) is 7.27. The second-order valence-corrected chi connectivity index (χ2v) is 8.05. The smallest absolute Gasteiger partial charge is 0.259 e. The Labute approximate surface area is 183 Å². The molecule has 6 rings (SSSR count). The minimum absolute atomic E-state index is 0.00859. The molecule has 1 fully saturated rings. The number of methoxy groups -OCH3 is 2. The van der Waals surface area contributed by atoms with E-state index in [2.05, 4.69) is 4.98 Å². The Morgan fingerprint density at radius 3 is 2.47 bits per heavy atom. The Morgan fingerprint density at radius 2 is 1.75 bits per heavy atom. The fourth-order valence-electron chi connectivity index (χ4n) is 4.75. The Balaban J connectivity index is 1.75. The molecule has 0 aliphatic carbocycles. The number of ether oxygens (including phenoxy) is 5. The van der Waals surface area contributed by atoms with Gasteiger partial charge in [-0.1, -0.05) is 0 Å². The molecule has 2 aliphatic rings. The minimum Gasteiger partial charge on any atom is -0.493 e. The van der Waals surface area contributed by atoms with Crippen LogP contribution in [-0.4, -0.2) is 43.3 Å². The van der Waals surface area contributed by atoms with Crippen LogP contribution < -0.4 is 24.5 Å². The molecule has 0 N–H and O–H groups in total. The molecule has 1 unspecified atom stereocenters. The molecular formula is C24H22N2O6. The van der Waals surface area contributed by atoms with E-state index in [-0.39, 0.29) is 18.5 Å². The monoisotopic (exact) mass is 434 g/mol. The summed E-state index contributed by atoms with van der Waals surface area (Å²) in [6, 6.07) is 7.35. The number of hydrogen-bond acceptors (Lipinski definition) is 7. The van der Waals surface area contributed by atoms with E-state index in [0.29, 0.717) is 34.9 Å². The molecule has 8 heteroatoms. The van der Waals surface area contributed by atoms with Crippen molar-refractivity contribution in [2.45, 2.75) is 25.5 Å². The van der Waals surface area contributed by atoms with Crippen molar-refractivity contribution >= 4 is 32.6 Å². The highest BCUT2D eigenvalue weighted by Gasteiger charge is 2.23. The third kappa shape index (κ3) is 2.79. The number of rotatable bonds is 4. The average Bonchev–Trinajstić information content (AvgIpc) is 3.50. The lowest BCUT2D eigenvalue weighted by Gasteiger charge is -2.19. The summed E-state index contributed by atoms with van der Waals surface area (Å²) in [5.41, 5.74) is 1.43. The first-order valence-corrected chi connectivity index (χ1v) is 10.6. The zero-order valence-electron chi connectivity index (χ0n) is 17.8. The lowest BCUT2D eigenvalue weighted by molar-refractivity contribution is 0.0974. The molecule has 0 spiro atoms. The number of aromatic nitrogens is 2. The first-order chi connectivity index (χ1) is 15.7. The van der Waals surface area contributed by atoms with Crippen molar-refractivity contribution in [1.82, 2.24) is 9.55 Å². The third-order valence-corrected chi connectivity index (χ3v) is 6.30. The normalized spacial score (nSPS) is 17.5. The van der Waals surface area contributed by atoms with Gasteiger partial charge in [-0.25, -0.2) is 0 Å². The second-order valence-electron chi connectivity index (χ2n) is 8.05. The lowest BCUT2D eigenvalue weighted by Crippen LogP contribution is -2.27. The van der Waals surface area contributed by atoms with Crippen molar-refractivity contribution in [1.29, 1.82) is 0 Å². The summed E-state index contributed by atoms with van der Waals surface area (Å²) in [6.07, 6.45) is 3.72. The van der Waals surface area contributed by atoms with Crippen molar-refractivity contribution in [2.24, 2.45) is 0 Å². The molecule has 0 saturated carbocycles. The van der Waals surface area contributed by atoms with Gasteiger partial charge in [0.15, 0.2) is 23.0 Å². The lowest BCUT2D eigenvalue weighted by atomic mass is 10.0. The molecule has 164 valence electrons. The number of hydrogen-bond donors (Lipinski definition) is 0. The van der Waals surface area contributed by atoms with E-state index in [9.17, 15) is 4.79 Å². The summed E-state index contributed by atoms with van der Waals surface area (Å²) < 4.78 is 29.8. The minimum atomic E-state index is -0.103. The van der Waals surface area contributed by atoms with Crippen LogP contribution in [0.1, 0.15) is 12.8 Å². The molecule has 1 saturated heterocycles. The van der Waals surface area contributed by atoms with E-state index >= 15 is 0 Å². The van der Waals surface area contributed by atoms with Crippen LogP contribution in [0.4, 0.5) is 0 Å². The van der Waals surface area contributed by atoms with Gasteiger partial charge in [0.1, 0.15) is 0 Å². The highest BCUT2D eigenvalue weighted by molar-refractivity contribution is 6.15. The summed E-state index contributed by atoms with van der Waals surface area (Å²) in [5.74, 6) is 2.38. The summed E-state index contributed by atoms with van der Waals surface area (Å²) in [7, 11) is 3.15. The van der Waals surface area contributed by atoms with Gasteiger partial charge in [0.05, 0.1) is 43.3 Å². The van der Waals surface area contributed by atoms with Gasteiger partial charge in [-0.3, -0.25) is 9.78 Å². The maximum absolute atomic E-state index is 13.8. The highest BCUT2D eigenvalue weighted by Crippen LogP contribution is 2.40. The predicted octanol–water partition coefficient (Wildman–Crippen LogP) is 3.63. The largest absolute Gasteiger partial charge is 0.493 e. The van der Waals surface area contributed by atoms with Gasteiger partial charge >= 0.3 is 0 Å². The van der Waals surface area contributed by atoms with Crippen molar-refractivity contribution < 1.29 is 23.7 Å². The molecule has 4 heterocycles. The van der Waals surface area contributed by atoms with Crippen LogP contribution in [0.15, 0.2) is 35.3 Å². The van der Waals surface area contributed by atoms with E-state index in [1.807, 2.05) is 22.8 Å². The fourth-order valence-corrected chi connectivity index (χ4v) is 4.75. The SMILES string of the molecule is COc1cc2c(=O)n(CC3CCCO3)c3c4cc5c(cc4ncc3c2cc1OC)OCO5. The Kier molecular flexibility index (Phi) is 4.36. The van der Waals surface area contributed by atoms with Crippen LogP contribution in [0.2, 0.25) is 0 Å². The summed E-state index contributed by atoms with van der Waals surface area (Å²) in [4.78, 5) is 18.5. The fraction of sp³-hybridized carbons (Fsp3) is 0.333. The number of nitrogens with zero attached hydrogens (tertiary/aromatic N) is 2. The van der Waals surface area contributed by atoms with Crippen LogP contribution in [0, 0.1) is 0 Å². The molecular weight excluding hydrogens is 412 g/mol. The van der Waals surface area contributed by atoms with E-state index in [1.54, 1.807) is 26.5 Å².